The van der Waals surface area contributed by atoms with Crippen LogP contribution < -0.4 is 15.5 Å². The molecule has 0 fully saturated rings. The van der Waals surface area contributed by atoms with E-state index in [1.165, 1.54) is 52.1 Å². The fourth-order valence-electron chi connectivity index (χ4n) is 2.95. The molecule has 1 amide bonds. The monoisotopic (exact) mass is 373 g/mol. The summed E-state index contributed by atoms with van der Waals surface area (Å²) in [6.45, 7) is 4.38. The van der Waals surface area contributed by atoms with E-state index in [0.29, 0.717) is 6.54 Å². The van der Waals surface area contributed by atoms with Gasteiger partial charge in [0.15, 0.2) is 0 Å². The number of nitrogens with one attached hydrogen (secondary N) is 1. The molecule has 0 saturated heterocycles. The summed E-state index contributed by atoms with van der Waals surface area (Å²) in [7, 11) is 1.45. The van der Waals surface area contributed by atoms with Gasteiger partial charge in [-0.1, -0.05) is 77.7 Å². The van der Waals surface area contributed by atoms with E-state index >= 15 is 0 Å². The molecule has 0 aromatic heterocycles. The molecular formula is C20H39NO5-2. The molecular weight excluding hydrogens is 334 g/mol. The molecule has 6 nitrogen and oxygen atoms in total. The number of hydrogen-bond donors (Lipinski definition) is 2. The number of ether oxygens (including phenoxy) is 1. The van der Waals surface area contributed by atoms with Crippen LogP contribution in [0.3, 0.4) is 0 Å². The topological polar surface area (TPSA) is 105 Å². The molecule has 0 rings (SSSR count). The first-order valence-electron chi connectivity index (χ1n) is 10.2. The maximum absolute atomic E-state index is 11.9. The lowest BCUT2D eigenvalue weighted by atomic mass is 9.96. The van der Waals surface area contributed by atoms with E-state index in [4.69, 9.17) is 4.74 Å². The maximum Gasteiger partial charge on any atom is 0.208 e. The van der Waals surface area contributed by atoms with Gasteiger partial charge in [-0.3, -0.25) is 4.79 Å². The van der Waals surface area contributed by atoms with Crippen molar-refractivity contribution in [3.63, 3.8) is 0 Å². The molecule has 0 aliphatic heterocycles. The summed E-state index contributed by atoms with van der Waals surface area (Å²) in [6.07, 6.45) is 6.75. The zero-order valence-electron chi connectivity index (χ0n) is 16.9. The molecule has 0 aromatic rings. The Balaban J connectivity index is 3.72. The summed E-state index contributed by atoms with van der Waals surface area (Å²) in [5.74, 6) is -1.32. The Kier molecular flexibility index (Phi) is 16.0. The van der Waals surface area contributed by atoms with Crippen molar-refractivity contribution < 1.29 is 24.9 Å². The summed E-state index contributed by atoms with van der Waals surface area (Å²) in [5, 5.41) is 36.1. The molecule has 3 unspecified atom stereocenters. The van der Waals surface area contributed by atoms with Crippen LogP contribution in [0.5, 0.6) is 0 Å². The first kappa shape index (κ1) is 25.3. The van der Waals surface area contributed by atoms with E-state index in [-0.39, 0.29) is 6.61 Å². The summed E-state index contributed by atoms with van der Waals surface area (Å²) in [6, 6.07) is 0. The van der Waals surface area contributed by atoms with Crippen molar-refractivity contribution in [2.45, 2.75) is 96.4 Å². The molecule has 0 aliphatic rings. The summed E-state index contributed by atoms with van der Waals surface area (Å²) in [4.78, 5) is 11.8. The molecule has 2 N–H and O–H groups in total. The highest BCUT2D eigenvalue weighted by Crippen LogP contribution is 2.10. The smallest absolute Gasteiger partial charge is 0.208 e. The predicted molar refractivity (Wildman–Crippen MR) is 99.5 cm³/mol. The molecule has 4 atom stereocenters. The van der Waals surface area contributed by atoms with Gasteiger partial charge in [0.05, 0.1) is 0 Å². The second-order valence-electron chi connectivity index (χ2n) is 7.28. The highest BCUT2D eigenvalue weighted by Gasteiger charge is 2.21. The van der Waals surface area contributed by atoms with Gasteiger partial charge in [0.2, 0.25) is 5.91 Å². The molecule has 0 spiro atoms. The van der Waals surface area contributed by atoms with Gasteiger partial charge in [-0.25, -0.2) is 0 Å². The van der Waals surface area contributed by atoms with Crippen LogP contribution in [0.2, 0.25) is 0 Å². The van der Waals surface area contributed by atoms with Crippen molar-refractivity contribution in [1.82, 2.24) is 5.32 Å². The van der Waals surface area contributed by atoms with E-state index in [2.05, 4.69) is 12.2 Å². The van der Waals surface area contributed by atoms with Gasteiger partial charge >= 0.3 is 0 Å². The molecule has 0 saturated carbocycles. The Labute approximate surface area is 159 Å². The van der Waals surface area contributed by atoms with Crippen molar-refractivity contribution >= 4 is 5.91 Å². The van der Waals surface area contributed by atoms with Crippen molar-refractivity contribution in [3.8, 4) is 0 Å². The normalized spacial score (nSPS) is 16.1. The molecule has 6 heteroatoms. The lowest BCUT2D eigenvalue weighted by Gasteiger charge is -2.40. The fraction of sp³-hybridized carbons (Fsp3) is 0.950. The van der Waals surface area contributed by atoms with Gasteiger partial charge in [0, 0.05) is 26.4 Å². The number of rotatable bonds is 17. The van der Waals surface area contributed by atoms with Crippen LogP contribution in [-0.4, -0.2) is 49.6 Å². The SMILES string of the molecule is CCCCCCCCCCCCNC(=O)C([O-])C(O)C([O-])[C@@H](C)COC. The standard InChI is InChI=1S/C20H39NO5/c1-4-5-6-7-8-9-10-11-12-13-14-21-20(25)19(24)18(23)17(22)16(2)15-26-3/h16-19,23H,4-15H2,1-3H3,(H,21,25)/q-2/t16-,17?,18?,19?/m0/s1. The van der Waals surface area contributed by atoms with E-state index < -0.39 is 30.1 Å². The Morgan fingerprint density at radius 1 is 1.00 bits per heavy atom. The molecule has 0 bridgehead atoms. The Hall–Kier alpha value is -0.690. The maximum atomic E-state index is 11.9. The number of amides is 1. The highest BCUT2D eigenvalue weighted by atomic mass is 16.5. The number of aliphatic hydroxyl groups excluding tert-OH is 1. The summed E-state index contributed by atoms with van der Waals surface area (Å²) >= 11 is 0. The Morgan fingerprint density at radius 3 is 2.00 bits per heavy atom. The van der Waals surface area contributed by atoms with Crippen LogP contribution in [-0.2, 0) is 9.53 Å². The van der Waals surface area contributed by atoms with E-state index in [1.807, 2.05) is 0 Å². The molecule has 26 heavy (non-hydrogen) atoms. The first-order chi connectivity index (χ1) is 12.5. The Bertz CT molecular complexity index is 340. The van der Waals surface area contributed by atoms with Crippen molar-refractivity contribution in [3.05, 3.63) is 0 Å². The van der Waals surface area contributed by atoms with Gasteiger partial charge in [-0.15, -0.1) is 0 Å². The van der Waals surface area contributed by atoms with E-state index in [9.17, 15) is 20.1 Å². The average molecular weight is 374 g/mol. The van der Waals surface area contributed by atoms with E-state index in [0.717, 1.165) is 19.3 Å². The van der Waals surface area contributed by atoms with Gasteiger partial charge in [0.1, 0.15) is 0 Å². The minimum absolute atomic E-state index is 0.151. The molecule has 0 heterocycles. The fourth-order valence-corrected chi connectivity index (χ4v) is 2.95. The third-order valence-corrected chi connectivity index (χ3v) is 4.73. The third-order valence-electron chi connectivity index (χ3n) is 4.73. The number of carbonyl (C=O) groups excluding carboxylic acids is 1. The minimum atomic E-state index is -1.94. The number of carbonyl (C=O) groups is 1. The second kappa shape index (κ2) is 16.5. The lowest BCUT2D eigenvalue weighted by Crippen LogP contribution is -2.59. The zero-order valence-corrected chi connectivity index (χ0v) is 16.9. The largest absolute Gasteiger partial charge is 0.850 e. The van der Waals surface area contributed by atoms with Crippen LogP contribution in [0.25, 0.3) is 0 Å². The number of unbranched alkanes of at least 4 members (excludes halogenated alkanes) is 9. The van der Waals surface area contributed by atoms with Crippen LogP contribution in [0.15, 0.2) is 0 Å². The Morgan fingerprint density at radius 2 is 1.50 bits per heavy atom. The van der Waals surface area contributed by atoms with Gasteiger partial charge in [-0.2, -0.15) is 0 Å². The quantitative estimate of drug-likeness (QED) is 0.372. The second-order valence-corrected chi connectivity index (χ2v) is 7.28. The van der Waals surface area contributed by atoms with Crippen LogP contribution >= 0.6 is 0 Å². The van der Waals surface area contributed by atoms with Crippen molar-refractivity contribution in [1.29, 1.82) is 0 Å². The van der Waals surface area contributed by atoms with Gasteiger partial charge < -0.3 is 25.4 Å². The van der Waals surface area contributed by atoms with Crippen molar-refractivity contribution in [2.75, 3.05) is 20.3 Å². The summed E-state index contributed by atoms with van der Waals surface area (Å²) in [5.41, 5.74) is 0. The predicted octanol–water partition coefficient (Wildman–Crippen LogP) is 1.12. The average Bonchev–Trinajstić information content (AvgIpc) is 2.64. The first-order valence-corrected chi connectivity index (χ1v) is 10.2. The van der Waals surface area contributed by atoms with Gasteiger partial charge in [-0.05, 0) is 18.4 Å². The number of methoxy groups -OCH3 is 1. The molecule has 156 valence electrons. The lowest BCUT2D eigenvalue weighted by molar-refractivity contribution is -0.489. The zero-order chi connectivity index (χ0) is 19.8. The number of aliphatic hydroxyl groups is 1. The van der Waals surface area contributed by atoms with Crippen LogP contribution in [0, 0.1) is 5.92 Å². The molecule has 0 aromatic carbocycles. The van der Waals surface area contributed by atoms with Gasteiger partial charge in [0.25, 0.3) is 0 Å². The minimum Gasteiger partial charge on any atom is -0.850 e. The summed E-state index contributed by atoms with van der Waals surface area (Å²) < 4.78 is 4.85. The highest BCUT2D eigenvalue weighted by molar-refractivity contribution is 5.80. The van der Waals surface area contributed by atoms with Crippen molar-refractivity contribution in [2.24, 2.45) is 5.92 Å². The number of hydrogen-bond acceptors (Lipinski definition) is 5. The van der Waals surface area contributed by atoms with Crippen LogP contribution in [0.1, 0.15) is 78.1 Å². The van der Waals surface area contributed by atoms with E-state index in [1.54, 1.807) is 6.92 Å². The third kappa shape index (κ3) is 11.8. The molecule has 0 aliphatic carbocycles. The molecule has 0 radical (unpaired) electrons. The van der Waals surface area contributed by atoms with Crippen LogP contribution in [0.4, 0.5) is 0 Å².